The number of rotatable bonds is 5. The van der Waals surface area contributed by atoms with Gasteiger partial charge in [-0.1, -0.05) is 19.3 Å². The van der Waals surface area contributed by atoms with Crippen LogP contribution in [-0.4, -0.2) is 66.8 Å². The first-order valence-corrected chi connectivity index (χ1v) is 12.7. The van der Waals surface area contributed by atoms with Crippen LogP contribution in [0.1, 0.15) is 51.4 Å². The molecule has 1 N–H and O–H groups in total. The van der Waals surface area contributed by atoms with Gasteiger partial charge in [-0.25, -0.2) is 8.42 Å². The van der Waals surface area contributed by atoms with Gasteiger partial charge in [0.25, 0.3) is 0 Å². The molecule has 2 aliphatic heterocycles. The second kappa shape index (κ2) is 8.95. The Morgan fingerprint density at radius 3 is 2.50 bits per heavy atom. The Balaban J connectivity index is 1.43. The third kappa shape index (κ3) is 5.62. The van der Waals surface area contributed by atoms with Crippen LogP contribution in [-0.2, 0) is 19.4 Å². The second-order valence-corrected chi connectivity index (χ2v) is 11.4. The predicted octanol–water partition coefficient (Wildman–Crippen LogP) is 1.59. The highest BCUT2D eigenvalue weighted by molar-refractivity contribution is 8.02. The van der Waals surface area contributed by atoms with Crippen LogP contribution in [0.15, 0.2) is 0 Å². The zero-order chi connectivity index (χ0) is 18.6. The molecule has 0 aromatic rings. The van der Waals surface area contributed by atoms with E-state index in [-0.39, 0.29) is 34.5 Å². The van der Waals surface area contributed by atoms with Crippen LogP contribution < -0.4 is 5.32 Å². The Kier molecular flexibility index (Phi) is 6.88. The van der Waals surface area contributed by atoms with Gasteiger partial charge in [0.2, 0.25) is 11.8 Å². The molecule has 3 rings (SSSR count). The Labute approximate surface area is 160 Å². The van der Waals surface area contributed by atoms with E-state index in [1.807, 2.05) is 0 Å². The van der Waals surface area contributed by atoms with Gasteiger partial charge in [0.05, 0.1) is 23.2 Å². The fraction of sp³-hybridized carbons (Fsp3) is 0.889. The third-order valence-electron chi connectivity index (χ3n) is 5.73. The number of sulfone groups is 1. The molecule has 2 atom stereocenters. The highest BCUT2D eigenvalue weighted by Gasteiger charge is 2.32. The average Bonchev–Trinajstić information content (AvgIpc) is 2.99. The van der Waals surface area contributed by atoms with Crippen molar-refractivity contribution in [3.05, 3.63) is 0 Å². The van der Waals surface area contributed by atoms with E-state index in [0.717, 1.165) is 25.7 Å². The lowest BCUT2D eigenvalue weighted by Gasteiger charge is -2.33. The molecular weight excluding hydrogens is 372 g/mol. The molecule has 1 aliphatic carbocycles. The molecule has 1 saturated carbocycles. The minimum atomic E-state index is -2.90. The minimum absolute atomic E-state index is 0.0365. The van der Waals surface area contributed by atoms with Crippen molar-refractivity contribution in [3.8, 4) is 0 Å². The lowest BCUT2D eigenvalue weighted by Crippen LogP contribution is -2.48. The first-order chi connectivity index (χ1) is 12.4. The molecule has 0 aromatic heterocycles. The lowest BCUT2D eigenvalue weighted by molar-refractivity contribution is -0.134. The number of hydrogen-bond donors (Lipinski definition) is 1. The summed E-state index contributed by atoms with van der Waals surface area (Å²) >= 11 is 1.46. The summed E-state index contributed by atoms with van der Waals surface area (Å²) in [6.45, 7) is 1.20. The number of piperidine rings is 1. The number of carbonyl (C=O) groups excluding carboxylic acids is 2. The van der Waals surface area contributed by atoms with Crippen LogP contribution >= 0.6 is 11.8 Å². The maximum absolute atomic E-state index is 12.6. The Morgan fingerprint density at radius 1 is 1.04 bits per heavy atom. The maximum Gasteiger partial charge on any atom is 0.232 e. The largest absolute Gasteiger partial charge is 0.353 e. The van der Waals surface area contributed by atoms with Gasteiger partial charge in [-0.2, -0.15) is 0 Å². The zero-order valence-electron chi connectivity index (χ0n) is 15.3. The summed E-state index contributed by atoms with van der Waals surface area (Å²) in [4.78, 5) is 26.8. The summed E-state index contributed by atoms with van der Waals surface area (Å²) < 4.78 is 23.0. The van der Waals surface area contributed by atoms with Gasteiger partial charge in [0, 0.05) is 24.4 Å². The van der Waals surface area contributed by atoms with Crippen molar-refractivity contribution in [1.82, 2.24) is 10.2 Å². The van der Waals surface area contributed by atoms with Crippen LogP contribution in [0.5, 0.6) is 0 Å². The molecule has 0 radical (unpaired) electrons. The third-order valence-corrected chi connectivity index (χ3v) is 9.00. The molecule has 26 heavy (non-hydrogen) atoms. The van der Waals surface area contributed by atoms with E-state index >= 15 is 0 Å². The molecule has 148 valence electrons. The van der Waals surface area contributed by atoms with Crippen LogP contribution in [0, 0.1) is 5.92 Å². The Morgan fingerprint density at radius 2 is 1.81 bits per heavy atom. The minimum Gasteiger partial charge on any atom is -0.353 e. The molecule has 3 fully saturated rings. The quantitative estimate of drug-likeness (QED) is 0.755. The average molecular weight is 403 g/mol. The molecule has 0 aromatic carbocycles. The second-order valence-electron chi connectivity index (χ2n) is 7.86. The van der Waals surface area contributed by atoms with Gasteiger partial charge in [-0.05, 0) is 32.1 Å². The van der Waals surface area contributed by atoms with Gasteiger partial charge < -0.3 is 10.2 Å². The standard InChI is InChI=1S/C18H30N2O4S2/c21-17(12-25-16-8-10-26(23,24)13-16)20-9-4-5-14(11-20)18(22)19-15-6-2-1-3-7-15/h14-16H,1-13H2,(H,19,22). The summed E-state index contributed by atoms with van der Waals surface area (Å²) in [7, 11) is -2.90. The normalized spacial score (nSPS) is 29.5. The number of carbonyl (C=O) groups is 2. The first-order valence-electron chi connectivity index (χ1n) is 9.83. The molecule has 2 unspecified atom stereocenters. The van der Waals surface area contributed by atoms with Gasteiger partial charge in [-0.3, -0.25) is 9.59 Å². The Bertz CT molecular complexity index is 617. The maximum atomic E-state index is 12.6. The van der Waals surface area contributed by atoms with E-state index in [4.69, 9.17) is 0 Å². The predicted molar refractivity (Wildman–Crippen MR) is 104 cm³/mol. The van der Waals surface area contributed by atoms with E-state index in [9.17, 15) is 18.0 Å². The topological polar surface area (TPSA) is 83.6 Å². The van der Waals surface area contributed by atoms with Crippen molar-refractivity contribution in [2.45, 2.75) is 62.7 Å². The van der Waals surface area contributed by atoms with Crippen molar-refractivity contribution < 1.29 is 18.0 Å². The molecule has 8 heteroatoms. The molecule has 2 amide bonds. The summed E-state index contributed by atoms with van der Waals surface area (Å²) in [5.41, 5.74) is 0. The van der Waals surface area contributed by atoms with Crippen LogP contribution in [0.4, 0.5) is 0 Å². The molecule has 2 saturated heterocycles. The first kappa shape index (κ1) is 20.0. The number of amides is 2. The van der Waals surface area contributed by atoms with E-state index in [1.54, 1.807) is 4.90 Å². The van der Waals surface area contributed by atoms with Crippen LogP contribution in [0.25, 0.3) is 0 Å². The van der Waals surface area contributed by atoms with E-state index in [0.29, 0.717) is 31.3 Å². The number of thioether (sulfide) groups is 1. The smallest absolute Gasteiger partial charge is 0.232 e. The van der Waals surface area contributed by atoms with Crippen LogP contribution in [0.2, 0.25) is 0 Å². The van der Waals surface area contributed by atoms with E-state index in [1.165, 1.54) is 31.0 Å². The molecule has 0 spiro atoms. The fourth-order valence-electron chi connectivity index (χ4n) is 4.16. The highest BCUT2D eigenvalue weighted by atomic mass is 32.2. The molecule has 6 nitrogen and oxygen atoms in total. The van der Waals surface area contributed by atoms with Crippen molar-refractivity contribution in [3.63, 3.8) is 0 Å². The van der Waals surface area contributed by atoms with Crippen molar-refractivity contribution in [2.24, 2.45) is 5.92 Å². The van der Waals surface area contributed by atoms with Gasteiger partial charge in [-0.15, -0.1) is 11.8 Å². The molecule has 0 bridgehead atoms. The number of nitrogens with one attached hydrogen (secondary N) is 1. The summed E-state index contributed by atoms with van der Waals surface area (Å²) in [6.07, 6.45) is 8.13. The summed E-state index contributed by atoms with van der Waals surface area (Å²) in [5.74, 6) is 0.783. The van der Waals surface area contributed by atoms with Crippen molar-refractivity contribution in [1.29, 1.82) is 0 Å². The fourth-order valence-corrected chi connectivity index (χ4v) is 7.70. The summed E-state index contributed by atoms with van der Waals surface area (Å²) in [5, 5.41) is 3.23. The van der Waals surface area contributed by atoms with Crippen molar-refractivity contribution in [2.75, 3.05) is 30.3 Å². The van der Waals surface area contributed by atoms with E-state index in [2.05, 4.69) is 5.32 Å². The van der Waals surface area contributed by atoms with Gasteiger partial charge in [0.15, 0.2) is 9.84 Å². The number of likely N-dealkylation sites (tertiary alicyclic amines) is 1. The molecule has 2 heterocycles. The van der Waals surface area contributed by atoms with Crippen molar-refractivity contribution >= 4 is 33.4 Å². The SMILES string of the molecule is O=C(NC1CCCCC1)C1CCCN(C(=O)CSC2CCS(=O)(=O)C2)C1. The molecular formula is C18H30N2O4S2. The number of hydrogen-bond acceptors (Lipinski definition) is 5. The van der Waals surface area contributed by atoms with Gasteiger partial charge >= 0.3 is 0 Å². The highest BCUT2D eigenvalue weighted by Crippen LogP contribution is 2.26. The lowest BCUT2D eigenvalue weighted by atomic mass is 9.93. The van der Waals surface area contributed by atoms with Gasteiger partial charge in [0.1, 0.15) is 0 Å². The van der Waals surface area contributed by atoms with Crippen LogP contribution in [0.3, 0.4) is 0 Å². The summed E-state index contributed by atoms with van der Waals surface area (Å²) in [6, 6.07) is 0.308. The molecule has 3 aliphatic rings. The Hall–Kier alpha value is -0.760. The van der Waals surface area contributed by atoms with E-state index < -0.39 is 9.84 Å². The monoisotopic (exact) mass is 402 g/mol. The zero-order valence-corrected chi connectivity index (χ0v) is 17.0. The number of nitrogens with zero attached hydrogens (tertiary/aromatic N) is 1.